The molecule has 0 saturated heterocycles. The van der Waals surface area contributed by atoms with Crippen molar-refractivity contribution in [2.45, 2.75) is 19.9 Å². The van der Waals surface area contributed by atoms with Crippen molar-refractivity contribution in [3.63, 3.8) is 0 Å². The Labute approximate surface area is 136 Å². The van der Waals surface area contributed by atoms with Crippen molar-refractivity contribution in [1.29, 1.82) is 0 Å². The number of aryl methyl sites for hydroxylation is 1. The van der Waals surface area contributed by atoms with Gasteiger partial charge in [-0.2, -0.15) is 0 Å². The number of imidazole rings is 1. The van der Waals surface area contributed by atoms with E-state index in [0.717, 1.165) is 11.1 Å². The lowest BCUT2D eigenvalue weighted by Crippen LogP contribution is -2.12. The van der Waals surface area contributed by atoms with E-state index in [1.807, 2.05) is 44.2 Å². The summed E-state index contributed by atoms with van der Waals surface area (Å²) in [5, 5.41) is 3.36. The molecule has 0 aliphatic heterocycles. The van der Waals surface area contributed by atoms with E-state index >= 15 is 0 Å². The Hall–Kier alpha value is -3.09. The van der Waals surface area contributed by atoms with Crippen LogP contribution in [0.2, 0.25) is 0 Å². The first-order valence-electron chi connectivity index (χ1n) is 7.77. The number of fused-ring (bicyclic) bond motifs is 2. The molecule has 0 unspecified atom stereocenters. The normalized spacial score (nSPS) is 11.8. The molecule has 2 N–H and O–H groups in total. The van der Waals surface area contributed by atoms with Crippen molar-refractivity contribution in [1.82, 2.24) is 24.3 Å². The van der Waals surface area contributed by atoms with Gasteiger partial charge in [0, 0.05) is 18.7 Å². The lowest BCUT2D eigenvalue weighted by Gasteiger charge is -2.10. The van der Waals surface area contributed by atoms with Gasteiger partial charge in [0.2, 0.25) is 0 Å². The maximum atomic E-state index is 12.6. The van der Waals surface area contributed by atoms with Crippen LogP contribution in [0.1, 0.15) is 19.9 Å². The Balaban J connectivity index is 2.32. The smallest absolute Gasteiger partial charge is 0.293 e. The summed E-state index contributed by atoms with van der Waals surface area (Å²) in [5.74, 6) is 0. The second-order valence-corrected chi connectivity index (χ2v) is 6.14. The van der Waals surface area contributed by atoms with E-state index in [9.17, 15) is 9.59 Å². The number of H-pyrrole nitrogens is 2. The summed E-state index contributed by atoms with van der Waals surface area (Å²) >= 11 is 0. The first kappa shape index (κ1) is 14.5. The van der Waals surface area contributed by atoms with Crippen LogP contribution >= 0.6 is 0 Å². The summed E-state index contributed by atoms with van der Waals surface area (Å²) in [6.45, 7) is 3.94. The molecule has 0 atom stereocenters. The molecule has 7 nitrogen and oxygen atoms in total. The minimum Gasteiger partial charge on any atom is -0.293 e. The summed E-state index contributed by atoms with van der Waals surface area (Å²) < 4.78 is 3.23. The summed E-state index contributed by atoms with van der Waals surface area (Å²) in [6.07, 6.45) is 0. The Morgan fingerprint density at radius 1 is 1.12 bits per heavy atom. The third-order valence-electron chi connectivity index (χ3n) is 4.27. The number of rotatable bonds is 2. The number of nitrogens with one attached hydrogen (secondary N) is 2. The highest BCUT2D eigenvalue weighted by Crippen LogP contribution is 2.32. The SMILES string of the molecule is CC(C)n1[nH]c(=O)c2c(-c3ccccc3)c3c(nc21)[nH]c(=O)n3C. The number of nitrogens with zero attached hydrogens (tertiary/aromatic N) is 3. The van der Waals surface area contributed by atoms with E-state index < -0.39 is 0 Å². The van der Waals surface area contributed by atoms with Crippen LogP contribution < -0.4 is 11.2 Å². The van der Waals surface area contributed by atoms with E-state index in [2.05, 4.69) is 15.1 Å². The molecule has 7 heteroatoms. The fraction of sp³-hybridized carbons (Fsp3) is 0.235. The van der Waals surface area contributed by atoms with Crippen LogP contribution in [0.5, 0.6) is 0 Å². The average Bonchev–Trinajstić information content (AvgIpc) is 3.04. The second kappa shape index (κ2) is 4.95. The number of hydrogen-bond donors (Lipinski definition) is 2. The number of pyridine rings is 1. The molecule has 24 heavy (non-hydrogen) atoms. The van der Waals surface area contributed by atoms with Crippen LogP contribution in [0, 0.1) is 0 Å². The second-order valence-electron chi connectivity index (χ2n) is 6.14. The zero-order chi connectivity index (χ0) is 17.0. The average molecular weight is 323 g/mol. The minimum absolute atomic E-state index is 0.0409. The van der Waals surface area contributed by atoms with Gasteiger partial charge < -0.3 is 0 Å². The predicted octanol–water partition coefficient (Wildman–Crippen LogP) is 2.15. The molecule has 122 valence electrons. The van der Waals surface area contributed by atoms with Gasteiger partial charge in [-0.15, -0.1) is 0 Å². The number of benzene rings is 1. The highest BCUT2D eigenvalue weighted by atomic mass is 16.1. The molecule has 0 spiro atoms. The van der Waals surface area contributed by atoms with Crippen molar-refractivity contribution in [2.75, 3.05) is 0 Å². The molecule has 0 saturated carbocycles. The minimum atomic E-state index is -0.255. The largest absolute Gasteiger partial charge is 0.327 e. The molecule has 4 aromatic rings. The molecule has 3 aromatic heterocycles. The van der Waals surface area contributed by atoms with E-state index in [4.69, 9.17) is 0 Å². The van der Waals surface area contributed by atoms with E-state index in [1.54, 1.807) is 11.7 Å². The van der Waals surface area contributed by atoms with Crippen molar-refractivity contribution in [2.24, 2.45) is 7.05 Å². The van der Waals surface area contributed by atoms with Crippen LogP contribution in [0.4, 0.5) is 0 Å². The first-order valence-corrected chi connectivity index (χ1v) is 7.77. The lowest BCUT2D eigenvalue weighted by molar-refractivity contribution is 0.542. The van der Waals surface area contributed by atoms with E-state index in [1.165, 1.54) is 4.57 Å². The molecule has 1 aromatic carbocycles. The highest BCUT2D eigenvalue weighted by Gasteiger charge is 2.22. The number of hydrogen-bond acceptors (Lipinski definition) is 3. The quantitative estimate of drug-likeness (QED) is 0.592. The molecule has 0 bridgehead atoms. The van der Waals surface area contributed by atoms with Crippen molar-refractivity contribution in [3.05, 3.63) is 51.2 Å². The molecule has 4 rings (SSSR count). The van der Waals surface area contributed by atoms with Gasteiger partial charge in [-0.25, -0.2) is 9.78 Å². The van der Waals surface area contributed by atoms with Gasteiger partial charge in [0.05, 0.1) is 10.9 Å². The molecule has 0 radical (unpaired) electrons. The molecule has 0 amide bonds. The van der Waals surface area contributed by atoms with Gasteiger partial charge in [0.25, 0.3) is 5.56 Å². The zero-order valence-electron chi connectivity index (χ0n) is 13.6. The van der Waals surface area contributed by atoms with Gasteiger partial charge in [-0.3, -0.25) is 24.1 Å². The molecule has 0 aliphatic carbocycles. The predicted molar refractivity (Wildman–Crippen MR) is 93.3 cm³/mol. The molecule has 0 fully saturated rings. The Kier molecular flexibility index (Phi) is 2.99. The molecule has 0 aliphatic rings. The van der Waals surface area contributed by atoms with Crippen LogP contribution in [0.25, 0.3) is 33.3 Å². The first-order chi connectivity index (χ1) is 11.5. The number of aromatic nitrogens is 5. The van der Waals surface area contributed by atoms with E-state index in [-0.39, 0.29) is 17.3 Å². The fourth-order valence-corrected chi connectivity index (χ4v) is 3.13. The monoisotopic (exact) mass is 323 g/mol. The third-order valence-corrected chi connectivity index (χ3v) is 4.27. The summed E-state index contributed by atoms with van der Waals surface area (Å²) in [4.78, 5) is 32.1. The standard InChI is InChI=1S/C17H17N5O2/c1-9(2)22-15-12(16(23)20-22)11(10-7-5-4-6-8-10)13-14(18-15)19-17(24)21(13)3/h4-9H,1-3H3,(H,20,23)(H,18,19,24). The Morgan fingerprint density at radius 3 is 2.50 bits per heavy atom. The third kappa shape index (κ3) is 1.87. The van der Waals surface area contributed by atoms with Crippen LogP contribution in [0.3, 0.4) is 0 Å². The molecule has 3 heterocycles. The van der Waals surface area contributed by atoms with Gasteiger partial charge in [-0.05, 0) is 19.4 Å². The van der Waals surface area contributed by atoms with Crippen LogP contribution in [-0.2, 0) is 7.05 Å². The molecular formula is C17H17N5O2. The van der Waals surface area contributed by atoms with Crippen LogP contribution in [-0.4, -0.2) is 24.3 Å². The summed E-state index contributed by atoms with van der Waals surface area (Å²) in [7, 11) is 1.68. The van der Waals surface area contributed by atoms with Gasteiger partial charge in [0.15, 0.2) is 11.3 Å². The van der Waals surface area contributed by atoms with Crippen molar-refractivity contribution >= 4 is 22.2 Å². The van der Waals surface area contributed by atoms with E-state index in [0.29, 0.717) is 22.2 Å². The maximum absolute atomic E-state index is 12.6. The Bertz CT molecular complexity index is 1180. The Morgan fingerprint density at radius 2 is 1.83 bits per heavy atom. The maximum Gasteiger partial charge on any atom is 0.327 e. The summed E-state index contributed by atoms with van der Waals surface area (Å²) in [5.41, 5.74) is 2.78. The lowest BCUT2D eigenvalue weighted by atomic mass is 10.0. The van der Waals surface area contributed by atoms with Gasteiger partial charge in [-0.1, -0.05) is 30.3 Å². The fourth-order valence-electron chi connectivity index (χ4n) is 3.13. The van der Waals surface area contributed by atoms with Gasteiger partial charge in [0.1, 0.15) is 0 Å². The van der Waals surface area contributed by atoms with Crippen molar-refractivity contribution in [3.8, 4) is 11.1 Å². The van der Waals surface area contributed by atoms with Crippen molar-refractivity contribution < 1.29 is 0 Å². The molecular weight excluding hydrogens is 306 g/mol. The highest BCUT2D eigenvalue weighted by molar-refractivity contribution is 6.06. The van der Waals surface area contributed by atoms with Gasteiger partial charge >= 0.3 is 5.69 Å². The van der Waals surface area contributed by atoms with Crippen LogP contribution in [0.15, 0.2) is 39.9 Å². The zero-order valence-corrected chi connectivity index (χ0v) is 13.6. The number of aromatic amines is 2. The topological polar surface area (TPSA) is 88.5 Å². The summed E-state index contributed by atoms with van der Waals surface area (Å²) in [6, 6.07) is 9.63.